The van der Waals surface area contributed by atoms with Crippen molar-refractivity contribution in [1.82, 2.24) is 10.2 Å². The molecule has 3 N–H and O–H groups in total. The first kappa shape index (κ1) is 17.3. The Bertz CT molecular complexity index is 759. The summed E-state index contributed by atoms with van der Waals surface area (Å²) in [4.78, 5) is 2.25. The highest BCUT2D eigenvalue weighted by Crippen LogP contribution is 2.32. The van der Waals surface area contributed by atoms with Gasteiger partial charge in [-0.2, -0.15) is 0 Å². The van der Waals surface area contributed by atoms with Gasteiger partial charge in [-0.3, -0.25) is 0 Å². The van der Waals surface area contributed by atoms with Gasteiger partial charge in [0.05, 0.1) is 11.4 Å². The van der Waals surface area contributed by atoms with Crippen LogP contribution in [0.1, 0.15) is 26.7 Å². The van der Waals surface area contributed by atoms with E-state index in [-0.39, 0.29) is 5.75 Å². The molecule has 0 radical (unpaired) electrons. The Morgan fingerprint density at radius 3 is 2.84 bits per heavy atom. The van der Waals surface area contributed by atoms with E-state index in [0.717, 1.165) is 18.8 Å². The van der Waals surface area contributed by atoms with Crippen LogP contribution < -0.4 is 10.6 Å². The third kappa shape index (κ3) is 3.92. The van der Waals surface area contributed by atoms with E-state index in [1.54, 1.807) is 12.1 Å². The third-order valence-corrected chi connectivity index (χ3v) is 4.82. The first-order valence-electron chi connectivity index (χ1n) is 8.91. The van der Waals surface area contributed by atoms with Gasteiger partial charge in [-0.25, -0.2) is 0 Å². The standard InChI is InChI=1S/C20H26N4O/c1-3-15-7-6-10-24(13-14(2)11-15)18-12-17(22-23-20(18)21)16-8-4-5-9-19(16)25/h4-9,12,14-15,25H,3,10-11,13H2,1-2H3,(H2,21,23)/b7-6-/t14-,15?/m1/s1. The van der Waals surface area contributed by atoms with Crippen LogP contribution in [0.2, 0.25) is 0 Å². The quantitative estimate of drug-likeness (QED) is 0.831. The van der Waals surface area contributed by atoms with Crippen molar-refractivity contribution < 1.29 is 5.11 Å². The zero-order valence-electron chi connectivity index (χ0n) is 14.9. The van der Waals surface area contributed by atoms with E-state index in [1.807, 2.05) is 18.2 Å². The van der Waals surface area contributed by atoms with E-state index in [0.29, 0.717) is 28.9 Å². The molecule has 132 valence electrons. The number of para-hydroxylation sites is 1. The van der Waals surface area contributed by atoms with E-state index < -0.39 is 0 Å². The Labute approximate surface area is 149 Å². The third-order valence-electron chi connectivity index (χ3n) is 4.82. The number of nitrogens with two attached hydrogens (primary N) is 1. The van der Waals surface area contributed by atoms with Crippen molar-refractivity contribution in [3.8, 4) is 17.0 Å². The molecule has 5 nitrogen and oxygen atoms in total. The first-order valence-corrected chi connectivity index (χ1v) is 8.91. The van der Waals surface area contributed by atoms with Crippen LogP contribution in [0.4, 0.5) is 11.5 Å². The number of allylic oxidation sites excluding steroid dienone is 1. The highest BCUT2D eigenvalue weighted by atomic mass is 16.3. The van der Waals surface area contributed by atoms with Crippen LogP contribution >= 0.6 is 0 Å². The molecule has 0 spiro atoms. The predicted octanol–water partition coefficient (Wildman–Crippen LogP) is 3.86. The molecule has 2 heterocycles. The molecular formula is C20H26N4O. The SMILES string of the molecule is CCC1/C=C\CN(c2cc(-c3ccccc3O)nnc2N)C[C@H](C)C1. The molecule has 3 rings (SSSR count). The lowest BCUT2D eigenvalue weighted by atomic mass is 9.91. The molecule has 0 amide bonds. The summed E-state index contributed by atoms with van der Waals surface area (Å²) in [5.74, 6) is 1.84. The fourth-order valence-corrected chi connectivity index (χ4v) is 3.47. The number of hydrogen-bond acceptors (Lipinski definition) is 5. The van der Waals surface area contributed by atoms with Crippen LogP contribution in [0.15, 0.2) is 42.5 Å². The number of anilines is 2. The first-order chi connectivity index (χ1) is 12.1. The second-order valence-electron chi connectivity index (χ2n) is 6.86. The van der Waals surface area contributed by atoms with Crippen molar-refractivity contribution in [2.45, 2.75) is 26.7 Å². The van der Waals surface area contributed by atoms with E-state index in [4.69, 9.17) is 5.73 Å². The lowest BCUT2D eigenvalue weighted by Gasteiger charge is -2.30. The monoisotopic (exact) mass is 338 g/mol. The van der Waals surface area contributed by atoms with Gasteiger partial charge in [0.15, 0.2) is 5.82 Å². The van der Waals surface area contributed by atoms with Gasteiger partial charge in [-0.15, -0.1) is 10.2 Å². The summed E-state index contributed by atoms with van der Waals surface area (Å²) in [5, 5.41) is 18.4. The maximum atomic E-state index is 10.1. The molecular weight excluding hydrogens is 312 g/mol. The fraction of sp³-hybridized carbons (Fsp3) is 0.400. The number of hydrogen-bond donors (Lipinski definition) is 2. The molecule has 5 heteroatoms. The van der Waals surface area contributed by atoms with Gasteiger partial charge in [0.1, 0.15) is 5.75 Å². The number of phenols is 1. The molecule has 1 aromatic heterocycles. The number of rotatable bonds is 3. The molecule has 0 saturated heterocycles. The van der Waals surface area contributed by atoms with Crippen LogP contribution in [-0.4, -0.2) is 28.4 Å². The van der Waals surface area contributed by atoms with Gasteiger partial charge >= 0.3 is 0 Å². The molecule has 0 bridgehead atoms. The summed E-state index contributed by atoms with van der Waals surface area (Å²) >= 11 is 0. The Morgan fingerprint density at radius 2 is 2.08 bits per heavy atom. The van der Waals surface area contributed by atoms with E-state index >= 15 is 0 Å². The molecule has 2 aromatic rings. The molecule has 0 saturated carbocycles. The average Bonchev–Trinajstić information content (AvgIpc) is 2.59. The van der Waals surface area contributed by atoms with Crippen molar-refractivity contribution in [1.29, 1.82) is 0 Å². The van der Waals surface area contributed by atoms with Crippen LogP contribution in [0.25, 0.3) is 11.3 Å². The topological polar surface area (TPSA) is 75.3 Å². The molecule has 2 atom stereocenters. The number of benzene rings is 1. The lowest BCUT2D eigenvalue weighted by molar-refractivity contribution is 0.429. The van der Waals surface area contributed by atoms with Crippen LogP contribution in [0.3, 0.4) is 0 Å². The zero-order chi connectivity index (χ0) is 17.8. The number of nitrogen functional groups attached to an aromatic ring is 1. The van der Waals surface area contributed by atoms with Crippen molar-refractivity contribution in [2.24, 2.45) is 11.8 Å². The smallest absolute Gasteiger partial charge is 0.169 e. The van der Waals surface area contributed by atoms with E-state index in [9.17, 15) is 5.11 Å². The van der Waals surface area contributed by atoms with Crippen LogP contribution in [0.5, 0.6) is 5.75 Å². The van der Waals surface area contributed by atoms with Gasteiger partial charge in [0, 0.05) is 18.7 Å². The normalized spacial score (nSPS) is 22.2. The highest BCUT2D eigenvalue weighted by molar-refractivity contribution is 5.74. The van der Waals surface area contributed by atoms with Gasteiger partial charge < -0.3 is 15.7 Å². The van der Waals surface area contributed by atoms with Crippen molar-refractivity contribution in [3.63, 3.8) is 0 Å². The summed E-state index contributed by atoms with van der Waals surface area (Å²) in [7, 11) is 0. The van der Waals surface area contributed by atoms with Gasteiger partial charge in [0.25, 0.3) is 0 Å². The number of aromatic nitrogens is 2. The molecule has 25 heavy (non-hydrogen) atoms. The van der Waals surface area contributed by atoms with E-state index in [1.165, 1.54) is 12.8 Å². The largest absolute Gasteiger partial charge is 0.507 e. The average molecular weight is 338 g/mol. The Hall–Kier alpha value is -2.56. The predicted molar refractivity (Wildman–Crippen MR) is 102 cm³/mol. The van der Waals surface area contributed by atoms with Crippen molar-refractivity contribution in [2.75, 3.05) is 23.7 Å². The molecule has 0 aliphatic carbocycles. The second-order valence-corrected chi connectivity index (χ2v) is 6.86. The number of nitrogens with zero attached hydrogens (tertiary/aromatic N) is 3. The molecule has 1 unspecified atom stereocenters. The zero-order valence-corrected chi connectivity index (χ0v) is 14.9. The van der Waals surface area contributed by atoms with Crippen LogP contribution in [-0.2, 0) is 0 Å². The van der Waals surface area contributed by atoms with Crippen molar-refractivity contribution >= 4 is 11.5 Å². The fourth-order valence-electron chi connectivity index (χ4n) is 3.47. The highest BCUT2D eigenvalue weighted by Gasteiger charge is 2.19. The Morgan fingerprint density at radius 1 is 1.28 bits per heavy atom. The molecule has 1 aliphatic rings. The minimum atomic E-state index is 0.194. The Balaban J connectivity index is 1.94. The lowest BCUT2D eigenvalue weighted by Crippen LogP contribution is -2.32. The number of aromatic hydroxyl groups is 1. The maximum Gasteiger partial charge on any atom is 0.169 e. The number of phenolic OH excluding ortho intramolecular Hbond substituents is 1. The maximum absolute atomic E-state index is 10.1. The molecule has 1 aliphatic heterocycles. The van der Waals surface area contributed by atoms with Gasteiger partial charge in [0.2, 0.25) is 0 Å². The molecule has 1 aromatic carbocycles. The summed E-state index contributed by atoms with van der Waals surface area (Å²) in [6.07, 6.45) is 6.89. The second kappa shape index (κ2) is 7.55. The van der Waals surface area contributed by atoms with Gasteiger partial charge in [-0.1, -0.05) is 38.1 Å². The summed E-state index contributed by atoms with van der Waals surface area (Å²) < 4.78 is 0. The van der Waals surface area contributed by atoms with Gasteiger partial charge in [-0.05, 0) is 42.9 Å². The summed E-state index contributed by atoms with van der Waals surface area (Å²) in [5.41, 5.74) is 8.29. The van der Waals surface area contributed by atoms with Crippen molar-refractivity contribution in [3.05, 3.63) is 42.5 Å². The minimum absolute atomic E-state index is 0.194. The summed E-state index contributed by atoms with van der Waals surface area (Å²) in [6, 6.07) is 9.08. The molecule has 0 fully saturated rings. The van der Waals surface area contributed by atoms with Crippen LogP contribution in [0, 0.1) is 11.8 Å². The van der Waals surface area contributed by atoms with E-state index in [2.05, 4.69) is 41.1 Å². The Kier molecular flexibility index (Phi) is 5.22. The summed E-state index contributed by atoms with van der Waals surface area (Å²) in [6.45, 7) is 6.25. The minimum Gasteiger partial charge on any atom is -0.507 e.